The van der Waals surface area contributed by atoms with Crippen molar-refractivity contribution in [2.75, 3.05) is 14.2 Å². The van der Waals surface area contributed by atoms with E-state index in [1.807, 2.05) is 24.3 Å². The summed E-state index contributed by atoms with van der Waals surface area (Å²) in [5.41, 5.74) is 0.222. The Hall–Kier alpha value is -3.88. The van der Waals surface area contributed by atoms with E-state index < -0.39 is 34.9 Å². The second-order valence-corrected chi connectivity index (χ2v) is 10.0. The quantitative estimate of drug-likeness (QED) is 0.472. The number of hydrogen-bond donors (Lipinski definition) is 3. The normalized spacial score (nSPS) is 21.8. The molecular formula is C28H33N3O6. The third kappa shape index (κ3) is 4.77. The molecule has 0 bridgehead atoms. The van der Waals surface area contributed by atoms with Crippen molar-refractivity contribution in [2.45, 2.75) is 62.4 Å². The average Bonchev–Trinajstić information content (AvgIpc) is 3.11. The van der Waals surface area contributed by atoms with Crippen LogP contribution in [0.5, 0.6) is 5.75 Å². The molecule has 2 aromatic carbocycles. The Balaban J connectivity index is 1.53. The number of nitrogens with zero attached hydrogens (tertiary/aromatic N) is 1. The van der Waals surface area contributed by atoms with E-state index in [1.54, 1.807) is 45.3 Å². The van der Waals surface area contributed by atoms with Gasteiger partial charge in [0.05, 0.1) is 12.5 Å². The molecule has 3 N–H and O–H groups in total. The standard InChI is InChI=1S/C28H33N3O6/c1-27(24(34)30-26(36)31(27)2)19-9-7-18(8-10-19)17-22(23(32)33)29-25(35)28(15-5-4-6-16-28)20-11-13-21(37-3)14-12-20/h7-14,22H,4-6,15-17H2,1-3H3,(H,29,35)(H,32,33)(H,30,34,36)/t22?,27-/m0/s1. The first-order valence-electron chi connectivity index (χ1n) is 12.5. The summed E-state index contributed by atoms with van der Waals surface area (Å²) in [5.74, 6) is -1.12. The van der Waals surface area contributed by atoms with Crippen molar-refractivity contribution in [3.8, 4) is 5.75 Å². The topological polar surface area (TPSA) is 125 Å². The van der Waals surface area contributed by atoms with Crippen LogP contribution < -0.4 is 15.4 Å². The van der Waals surface area contributed by atoms with E-state index in [2.05, 4.69) is 10.6 Å². The molecule has 2 aliphatic rings. The number of nitrogens with one attached hydrogen (secondary N) is 2. The lowest BCUT2D eigenvalue weighted by atomic mass is 9.68. The molecule has 0 radical (unpaired) electrons. The van der Waals surface area contributed by atoms with Gasteiger partial charge in [-0.1, -0.05) is 55.7 Å². The highest BCUT2D eigenvalue weighted by atomic mass is 16.5. The molecule has 9 nitrogen and oxygen atoms in total. The molecule has 1 aliphatic carbocycles. The predicted octanol–water partition coefficient (Wildman–Crippen LogP) is 3.11. The third-order valence-corrected chi connectivity index (χ3v) is 7.98. The van der Waals surface area contributed by atoms with Crippen molar-refractivity contribution in [3.63, 3.8) is 0 Å². The van der Waals surface area contributed by atoms with Crippen molar-refractivity contribution in [2.24, 2.45) is 0 Å². The number of urea groups is 1. The number of carboxylic acid groups (broad SMARTS) is 1. The Kier molecular flexibility index (Phi) is 7.25. The maximum atomic E-state index is 13.7. The lowest BCUT2D eigenvalue weighted by Crippen LogP contribution is -2.52. The lowest BCUT2D eigenvalue weighted by molar-refractivity contribution is -0.143. The van der Waals surface area contributed by atoms with Gasteiger partial charge in [-0.2, -0.15) is 0 Å². The largest absolute Gasteiger partial charge is 0.497 e. The highest BCUT2D eigenvalue weighted by Gasteiger charge is 2.48. The Morgan fingerprint density at radius 1 is 1.03 bits per heavy atom. The molecule has 1 saturated heterocycles. The first kappa shape index (κ1) is 26.2. The minimum atomic E-state index is -1.15. The van der Waals surface area contributed by atoms with E-state index in [0.717, 1.165) is 24.8 Å². The summed E-state index contributed by atoms with van der Waals surface area (Å²) in [6, 6.07) is 12.7. The van der Waals surface area contributed by atoms with Crippen molar-refractivity contribution in [1.29, 1.82) is 0 Å². The van der Waals surface area contributed by atoms with Crippen LogP contribution in [0.1, 0.15) is 55.7 Å². The molecule has 4 rings (SSSR count). The number of imide groups is 1. The van der Waals surface area contributed by atoms with Crippen LogP contribution in [0.3, 0.4) is 0 Å². The van der Waals surface area contributed by atoms with Crippen molar-refractivity contribution in [1.82, 2.24) is 15.5 Å². The number of hydrogen-bond acceptors (Lipinski definition) is 5. The van der Waals surface area contributed by atoms with Crippen LogP contribution >= 0.6 is 0 Å². The molecule has 1 unspecified atom stereocenters. The fourth-order valence-corrected chi connectivity index (χ4v) is 5.39. The molecule has 196 valence electrons. The van der Waals surface area contributed by atoms with E-state index in [1.165, 1.54) is 4.90 Å². The summed E-state index contributed by atoms with van der Waals surface area (Å²) >= 11 is 0. The molecular weight excluding hydrogens is 474 g/mol. The molecule has 2 fully saturated rings. The van der Waals surface area contributed by atoms with E-state index >= 15 is 0 Å². The van der Waals surface area contributed by atoms with Gasteiger partial charge in [-0.3, -0.25) is 14.9 Å². The second kappa shape index (κ2) is 10.2. The fourth-order valence-electron chi connectivity index (χ4n) is 5.39. The van der Waals surface area contributed by atoms with Crippen LogP contribution in [-0.2, 0) is 31.8 Å². The zero-order chi connectivity index (χ0) is 26.8. The molecule has 9 heteroatoms. The summed E-state index contributed by atoms with van der Waals surface area (Å²) in [6.07, 6.45) is 4.21. The van der Waals surface area contributed by atoms with Crippen LogP contribution in [0.25, 0.3) is 0 Å². The van der Waals surface area contributed by atoms with E-state index in [0.29, 0.717) is 29.7 Å². The van der Waals surface area contributed by atoms with Gasteiger partial charge < -0.3 is 20.1 Å². The third-order valence-electron chi connectivity index (χ3n) is 7.98. The summed E-state index contributed by atoms with van der Waals surface area (Å²) in [7, 11) is 3.14. The van der Waals surface area contributed by atoms with E-state index in [4.69, 9.17) is 4.74 Å². The van der Waals surface area contributed by atoms with Gasteiger partial charge in [-0.15, -0.1) is 0 Å². The van der Waals surface area contributed by atoms with Crippen LogP contribution in [0, 0.1) is 0 Å². The number of amides is 4. The number of methoxy groups -OCH3 is 1. The van der Waals surface area contributed by atoms with Crippen LogP contribution in [-0.4, -0.2) is 54.0 Å². The smallest absolute Gasteiger partial charge is 0.326 e. The Bertz CT molecular complexity index is 1190. The molecule has 0 spiro atoms. The van der Waals surface area contributed by atoms with Gasteiger partial charge >= 0.3 is 12.0 Å². The number of carbonyl (C=O) groups is 4. The number of likely N-dealkylation sites (N-methyl/N-ethyl adjacent to an activating group) is 1. The predicted molar refractivity (Wildman–Crippen MR) is 136 cm³/mol. The number of benzene rings is 2. The van der Waals surface area contributed by atoms with Gasteiger partial charge in [-0.25, -0.2) is 9.59 Å². The van der Waals surface area contributed by atoms with Crippen molar-refractivity contribution in [3.05, 3.63) is 65.2 Å². The zero-order valence-corrected chi connectivity index (χ0v) is 21.4. The van der Waals surface area contributed by atoms with Gasteiger partial charge in [0.2, 0.25) is 5.91 Å². The van der Waals surface area contributed by atoms with Crippen LogP contribution in [0.15, 0.2) is 48.5 Å². The molecule has 37 heavy (non-hydrogen) atoms. The molecule has 2 atom stereocenters. The second-order valence-electron chi connectivity index (χ2n) is 10.0. The lowest BCUT2D eigenvalue weighted by Gasteiger charge is -2.37. The molecule has 1 heterocycles. The van der Waals surface area contributed by atoms with Gasteiger partial charge in [0.15, 0.2) is 0 Å². The van der Waals surface area contributed by atoms with E-state index in [-0.39, 0.29) is 12.3 Å². The highest BCUT2D eigenvalue weighted by molar-refractivity contribution is 6.07. The number of carboxylic acids is 1. The van der Waals surface area contributed by atoms with Gasteiger partial charge in [-0.05, 0) is 48.6 Å². The fraction of sp³-hybridized carbons (Fsp3) is 0.429. The SMILES string of the molecule is COc1ccc(C2(C(=O)NC(Cc3ccc([C@@]4(C)C(=O)NC(=O)N4C)cc3)C(=O)O)CCCCC2)cc1. The maximum absolute atomic E-state index is 13.7. The number of ether oxygens (including phenoxy) is 1. The summed E-state index contributed by atoms with van der Waals surface area (Å²) < 4.78 is 5.26. The van der Waals surface area contributed by atoms with Gasteiger partial charge in [0, 0.05) is 13.5 Å². The average molecular weight is 508 g/mol. The maximum Gasteiger partial charge on any atom is 0.326 e. The Morgan fingerprint density at radius 3 is 2.14 bits per heavy atom. The Labute approximate surface area is 216 Å². The molecule has 4 amide bonds. The highest BCUT2D eigenvalue weighted by Crippen LogP contribution is 2.40. The molecule has 0 aromatic heterocycles. The summed E-state index contributed by atoms with van der Waals surface area (Å²) in [5, 5.41) is 15.1. The summed E-state index contributed by atoms with van der Waals surface area (Å²) in [4.78, 5) is 51.5. The number of aliphatic carboxylic acids is 1. The van der Waals surface area contributed by atoms with Crippen molar-refractivity contribution >= 4 is 23.8 Å². The zero-order valence-electron chi connectivity index (χ0n) is 21.4. The Morgan fingerprint density at radius 2 is 1.62 bits per heavy atom. The minimum Gasteiger partial charge on any atom is -0.497 e. The monoisotopic (exact) mass is 507 g/mol. The van der Waals surface area contributed by atoms with Crippen molar-refractivity contribution < 1.29 is 29.0 Å². The molecule has 1 aliphatic heterocycles. The molecule has 1 saturated carbocycles. The van der Waals surface area contributed by atoms with Gasteiger partial charge in [0.1, 0.15) is 17.3 Å². The van der Waals surface area contributed by atoms with Gasteiger partial charge in [0.25, 0.3) is 5.91 Å². The van der Waals surface area contributed by atoms with E-state index in [9.17, 15) is 24.3 Å². The first-order chi connectivity index (χ1) is 17.6. The van der Waals surface area contributed by atoms with Crippen LogP contribution in [0.4, 0.5) is 4.79 Å². The summed E-state index contributed by atoms with van der Waals surface area (Å²) in [6.45, 7) is 1.66. The minimum absolute atomic E-state index is 0.0811. The first-order valence-corrected chi connectivity index (χ1v) is 12.5. The van der Waals surface area contributed by atoms with Crippen LogP contribution in [0.2, 0.25) is 0 Å². The number of carbonyl (C=O) groups excluding carboxylic acids is 3. The number of rotatable bonds is 8. The molecule has 2 aromatic rings.